The van der Waals surface area contributed by atoms with Gasteiger partial charge in [0.15, 0.2) is 0 Å². The second-order valence-electron chi connectivity index (χ2n) is 5.06. The molecule has 0 bridgehead atoms. The predicted octanol–water partition coefficient (Wildman–Crippen LogP) is 4.08. The molecule has 1 unspecified atom stereocenters. The number of rotatable bonds is 6. The summed E-state index contributed by atoms with van der Waals surface area (Å²) in [6.45, 7) is 2.20. The number of hydrogen-bond acceptors (Lipinski definition) is 3. The summed E-state index contributed by atoms with van der Waals surface area (Å²) in [5.74, 6) is 0.353. The number of sulfonamides is 1. The first-order valence-electron chi connectivity index (χ1n) is 6.93. The van der Waals surface area contributed by atoms with Crippen LogP contribution in [0.15, 0.2) is 47.4 Å². The first kappa shape index (κ1) is 18.1. The highest BCUT2D eigenvalue weighted by Gasteiger charge is 2.22. The Kier molecular flexibility index (Phi) is 5.92. The van der Waals surface area contributed by atoms with E-state index >= 15 is 0 Å². The summed E-state index contributed by atoms with van der Waals surface area (Å²) >= 11 is 12.1. The van der Waals surface area contributed by atoms with E-state index in [1.807, 2.05) is 37.3 Å². The Morgan fingerprint density at radius 2 is 1.74 bits per heavy atom. The van der Waals surface area contributed by atoms with Crippen LogP contribution in [0.4, 0.5) is 0 Å². The lowest BCUT2D eigenvalue weighted by Crippen LogP contribution is -2.28. The molecule has 4 nitrogen and oxygen atoms in total. The Labute approximate surface area is 146 Å². The molecule has 0 aromatic heterocycles. The number of methoxy groups -OCH3 is 1. The molecular formula is C16H17Cl2NO3S. The topological polar surface area (TPSA) is 55.4 Å². The Bertz CT molecular complexity index is 779. The highest BCUT2D eigenvalue weighted by atomic mass is 35.5. The summed E-state index contributed by atoms with van der Waals surface area (Å²) in [4.78, 5) is -0.0646. The summed E-state index contributed by atoms with van der Waals surface area (Å²) in [7, 11) is -2.33. The SMILES string of the molecule is COc1ccc(S(=O)(=O)NCC(C)c2ccccc2)c(Cl)c1Cl. The fraction of sp³-hybridized carbons (Fsp3) is 0.250. The first-order valence-corrected chi connectivity index (χ1v) is 9.17. The van der Waals surface area contributed by atoms with Crippen molar-refractivity contribution in [3.05, 3.63) is 58.1 Å². The molecule has 0 aliphatic carbocycles. The molecule has 0 aliphatic rings. The van der Waals surface area contributed by atoms with E-state index < -0.39 is 10.0 Å². The lowest BCUT2D eigenvalue weighted by Gasteiger charge is -2.15. The van der Waals surface area contributed by atoms with Crippen LogP contribution in [0, 0.1) is 0 Å². The van der Waals surface area contributed by atoms with E-state index in [0.29, 0.717) is 5.75 Å². The molecule has 1 N–H and O–H groups in total. The van der Waals surface area contributed by atoms with Crippen LogP contribution in [0.25, 0.3) is 0 Å². The maximum Gasteiger partial charge on any atom is 0.242 e. The minimum Gasteiger partial charge on any atom is -0.495 e. The van der Waals surface area contributed by atoms with Crippen LogP contribution in [-0.2, 0) is 10.0 Å². The third-order valence-electron chi connectivity index (χ3n) is 3.47. The molecule has 7 heteroatoms. The molecule has 124 valence electrons. The van der Waals surface area contributed by atoms with E-state index in [2.05, 4.69) is 4.72 Å². The molecule has 0 saturated heterocycles. The zero-order chi connectivity index (χ0) is 17.0. The zero-order valence-electron chi connectivity index (χ0n) is 12.7. The normalized spacial score (nSPS) is 12.9. The van der Waals surface area contributed by atoms with Gasteiger partial charge in [0.2, 0.25) is 10.0 Å². The molecule has 0 heterocycles. The van der Waals surface area contributed by atoms with Gasteiger partial charge in [-0.15, -0.1) is 0 Å². The smallest absolute Gasteiger partial charge is 0.242 e. The van der Waals surface area contributed by atoms with Crippen molar-refractivity contribution < 1.29 is 13.2 Å². The van der Waals surface area contributed by atoms with Crippen molar-refractivity contribution >= 4 is 33.2 Å². The van der Waals surface area contributed by atoms with Gasteiger partial charge in [0.25, 0.3) is 0 Å². The van der Waals surface area contributed by atoms with E-state index in [1.54, 1.807) is 0 Å². The molecule has 2 aromatic carbocycles. The zero-order valence-corrected chi connectivity index (χ0v) is 15.0. The highest BCUT2D eigenvalue weighted by molar-refractivity contribution is 7.89. The van der Waals surface area contributed by atoms with Gasteiger partial charge in [0.1, 0.15) is 15.7 Å². The van der Waals surface area contributed by atoms with Crippen LogP contribution in [0.1, 0.15) is 18.4 Å². The summed E-state index contributed by atoms with van der Waals surface area (Å²) in [5, 5.41) is 0.0269. The minimum absolute atomic E-state index is 0.0264. The largest absolute Gasteiger partial charge is 0.495 e. The lowest BCUT2D eigenvalue weighted by atomic mass is 10.0. The molecule has 0 spiro atoms. The fourth-order valence-electron chi connectivity index (χ4n) is 2.09. The van der Waals surface area contributed by atoms with Gasteiger partial charge in [-0.25, -0.2) is 13.1 Å². The molecule has 2 aromatic rings. The van der Waals surface area contributed by atoms with E-state index in [-0.39, 0.29) is 27.4 Å². The van der Waals surface area contributed by atoms with Crippen molar-refractivity contribution in [1.29, 1.82) is 0 Å². The summed E-state index contributed by atoms with van der Waals surface area (Å²) < 4.78 is 32.5. The Balaban J connectivity index is 2.18. The van der Waals surface area contributed by atoms with Crippen LogP contribution in [-0.4, -0.2) is 22.1 Å². The van der Waals surface area contributed by atoms with Gasteiger partial charge in [-0.05, 0) is 23.6 Å². The van der Waals surface area contributed by atoms with Gasteiger partial charge in [0, 0.05) is 6.54 Å². The average molecular weight is 374 g/mol. The van der Waals surface area contributed by atoms with Gasteiger partial charge in [0.05, 0.1) is 12.1 Å². The third-order valence-corrected chi connectivity index (χ3v) is 5.91. The molecule has 0 aliphatic heterocycles. The van der Waals surface area contributed by atoms with Gasteiger partial charge >= 0.3 is 0 Å². The van der Waals surface area contributed by atoms with Crippen molar-refractivity contribution in [2.75, 3.05) is 13.7 Å². The first-order chi connectivity index (χ1) is 10.9. The van der Waals surface area contributed by atoms with E-state index in [4.69, 9.17) is 27.9 Å². The summed E-state index contributed by atoms with van der Waals surface area (Å²) in [5.41, 5.74) is 1.05. The molecule has 23 heavy (non-hydrogen) atoms. The second-order valence-corrected chi connectivity index (χ2v) is 7.55. The molecule has 2 rings (SSSR count). The number of nitrogens with one attached hydrogen (secondary N) is 1. The molecular weight excluding hydrogens is 357 g/mol. The van der Waals surface area contributed by atoms with Crippen molar-refractivity contribution in [1.82, 2.24) is 4.72 Å². The molecule has 0 saturated carbocycles. The number of halogens is 2. The Morgan fingerprint density at radius 1 is 1.09 bits per heavy atom. The molecule has 0 amide bonds. The fourth-order valence-corrected chi connectivity index (χ4v) is 4.06. The summed E-state index contributed by atoms with van der Waals surface area (Å²) in [6, 6.07) is 12.5. The van der Waals surface area contributed by atoms with Crippen LogP contribution in [0.2, 0.25) is 10.0 Å². The molecule has 0 fully saturated rings. The number of ether oxygens (including phenoxy) is 1. The predicted molar refractivity (Wildman–Crippen MR) is 93.1 cm³/mol. The molecule has 0 radical (unpaired) electrons. The standard InChI is InChI=1S/C16H17Cl2NO3S/c1-11(12-6-4-3-5-7-12)10-19-23(20,21)14-9-8-13(22-2)15(17)16(14)18/h3-9,11,19H,10H2,1-2H3. The van der Waals surface area contributed by atoms with E-state index in [1.165, 1.54) is 19.2 Å². The second kappa shape index (κ2) is 7.53. The van der Waals surface area contributed by atoms with E-state index in [0.717, 1.165) is 5.56 Å². The minimum atomic E-state index is -3.76. The van der Waals surface area contributed by atoms with Gasteiger partial charge in [-0.1, -0.05) is 60.5 Å². The van der Waals surface area contributed by atoms with Crippen LogP contribution < -0.4 is 9.46 Å². The summed E-state index contributed by atoms with van der Waals surface area (Å²) in [6.07, 6.45) is 0. The van der Waals surface area contributed by atoms with Gasteiger partial charge in [-0.2, -0.15) is 0 Å². The maximum absolute atomic E-state index is 12.4. The quantitative estimate of drug-likeness (QED) is 0.829. The highest BCUT2D eigenvalue weighted by Crippen LogP contribution is 2.36. The van der Waals surface area contributed by atoms with Crippen molar-refractivity contribution in [3.8, 4) is 5.75 Å². The van der Waals surface area contributed by atoms with Crippen LogP contribution >= 0.6 is 23.2 Å². The number of benzene rings is 2. The van der Waals surface area contributed by atoms with Crippen LogP contribution in [0.3, 0.4) is 0 Å². The Morgan fingerprint density at radius 3 is 2.35 bits per heavy atom. The van der Waals surface area contributed by atoms with Gasteiger partial charge < -0.3 is 4.74 Å². The van der Waals surface area contributed by atoms with E-state index in [9.17, 15) is 8.42 Å². The maximum atomic E-state index is 12.4. The average Bonchev–Trinajstić information content (AvgIpc) is 2.55. The number of hydrogen-bond donors (Lipinski definition) is 1. The van der Waals surface area contributed by atoms with Gasteiger partial charge in [-0.3, -0.25) is 0 Å². The van der Waals surface area contributed by atoms with Crippen molar-refractivity contribution in [3.63, 3.8) is 0 Å². The third kappa shape index (κ3) is 4.18. The Hall–Kier alpha value is -1.27. The monoisotopic (exact) mass is 373 g/mol. The van der Waals surface area contributed by atoms with Crippen LogP contribution in [0.5, 0.6) is 5.75 Å². The van der Waals surface area contributed by atoms with Crippen molar-refractivity contribution in [2.45, 2.75) is 17.7 Å². The lowest BCUT2D eigenvalue weighted by molar-refractivity contribution is 0.414. The van der Waals surface area contributed by atoms with Crippen molar-refractivity contribution in [2.24, 2.45) is 0 Å². The molecule has 1 atom stereocenters.